The summed E-state index contributed by atoms with van der Waals surface area (Å²) < 4.78 is 14.6. The van der Waals surface area contributed by atoms with E-state index < -0.39 is 0 Å². The summed E-state index contributed by atoms with van der Waals surface area (Å²) in [5.74, 6) is -0.171. The van der Waals surface area contributed by atoms with Gasteiger partial charge in [0.2, 0.25) is 0 Å². The van der Waals surface area contributed by atoms with Crippen molar-refractivity contribution in [2.75, 3.05) is 6.54 Å². The number of hydrogen-bond acceptors (Lipinski definition) is 1. The van der Waals surface area contributed by atoms with Gasteiger partial charge in [-0.05, 0) is 38.1 Å². The van der Waals surface area contributed by atoms with Gasteiger partial charge in [0.05, 0.1) is 0 Å². The molecule has 0 spiro atoms. The predicted molar refractivity (Wildman–Crippen MR) is 69.9 cm³/mol. The van der Waals surface area contributed by atoms with E-state index in [4.69, 9.17) is 0 Å². The molecule has 1 N–H and O–H groups in total. The molecule has 1 nitrogen and oxygen atoms in total. The first-order chi connectivity index (χ1) is 7.54. The average molecular weight is 286 g/mol. The van der Waals surface area contributed by atoms with Gasteiger partial charge in [-0.3, -0.25) is 0 Å². The van der Waals surface area contributed by atoms with E-state index in [2.05, 4.69) is 27.8 Å². The van der Waals surface area contributed by atoms with Crippen LogP contribution in [0.4, 0.5) is 4.39 Å². The van der Waals surface area contributed by atoms with E-state index in [1.807, 2.05) is 19.9 Å². The quantitative estimate of drug-likeness (QED) is 0.800. The number of benzene rings is 1. The van der Waals surface area contributed by atoms with Gasteiger partial charge in [0.25, 0.3) is 0 Å². The van der Waals surface area contributed by atoms with Gasteiger partial charge in [-0.2, -0.15) is 0 Å². The van der Waals surface area contributed by atoms with Crippen LogP contribution < -0.4 is 5.32 Å². The Morgan fingerprint density at radius 3 is 2.81 bits per heavy atom. The first kappa shape index (κ1) is 13.4. The maximum Gasteiger partial charge on any atom is 0.128 e. The van der Waals surface area contributed by atoms with Gasteiger partial charge in [0.15, 0.2) is 0 Å². The summed E-state index contributed by atoms with van der Waals surface area (Å²) in [5.41, 5.74) is 1.74. The summed E-state index contributed by atoms with van der Waals surface area (Å²) >= 11 is 3.37. The molecule has 0 aliphatic rings. The molecule has 0 radical (unpaired) electrons. The third-order valence-corrected chi connectivity index (χ3v) is 2.83. The largest absolute Gasteiger partial charge is 0.310 e. The molecule has 0 aliphatic carbocycles. The summed E-state index contributed by atoms with van der Waals surface area (Å²) in [6.07, 6.45) is 0.751. The lowest BCUT2D eigenvalue weighted by Gasteiger charge is -2.19. The van der Waals surface area contributed by atoms with Crippen LogP contribution in [0.3, 0.4) is 0 Å². The minimum atomic E-state index is -0.171. The van der Waals surface area contributed by atoms with Crippen LogP contribution in [0.2, 0.25) is 0 Å². The molecule has 1 rings (SSSR count). The Morgan fingerprint density at radius 1 is 1.56 bits per heavy atom. The van der Waals surface area contributed by atoms with Crippen LogP contribution in [0.1, 0.15) is 31.9 Å². The molecule has 0 heterocycles. The summed E-state index contributed by atoms with van der Waals surface area (Å²) in [6, 6.07) is 5.02. The molecule has 1 atom stereocenters. The van der Waals surface area contributed by atoms with E-state index >= 15 is 0 Å². The van der Waals surface area contributed by atoms with E-state index in [9.17, 15) is 4.39 Å². The highest BCUT2D eigenvalue weighted by Crippen LogP contribution is 2.25. The molecule has 88 valence electrons. The summed E-state index contributed by atoms with van der Waals surface area (Å²) in [6.45, 7) is 8.66. The molecule has 0 saturated heterocycles. The smallest absolute Gasteiger partial charge is 0.128 e. The van der Waals surface area contributed by atoms with Gasteiger partial charge < -0.3 is 5.32 Å². The summed E-state index contributed by atoms with van der Waals surface area (Å²) in [7, 11) is 0. The van der Waals surface area contributed by atoms with Crippen molar-refractivity contribution in [1.82, 2.24) is 5.32 Å². The van der Waals surface area contributed by atoms with Crippen LogP contribution in [-0.2, 0) is 0 Å². The van der Waals surface area contributed by atoms with Crippen LogP contribution in [0.5, 0.6) is 0 Å². The maximum atomic E-state index is 13.7. The van der Waals surface area contributed by atoms with E-state index in [1.54, 1.807) is 6.07 Å². The van der Waals surface area contributed by atoms with Crippen LogP contribution >= 0.6 is 15.9 Å². The molecule has 0 aromatic heterocycles. The van der Waals surface area contributed by atoms with Crippen molar-refractivity contribution in [3.8, 4) is 0 Å². The Kier molecular flexibility index (Phi) is 5.16. The number of rotatable bonds is 5. The lowest BCUT2D eigenvalue weighted by molar-refractivity contribution is 0.509. The number of halogens is 2. The molecular weight excluding hydrogens is 269 g/mol. The standard InChI is InChI=1S/C13H17BrFN/c1-4-16-13(7-9(2)3)11-8-10(14)5-6-12(11)15/h5-6,8,13,16H,2,4,7H2,1,3H3. The van der Waals surface area contributed by atoms with E-state index in [1.165, 1.54) is 6.07 Å². The minimum Gasteiger partial charge on any atom is -0.310 e. The third kappa shape index (κ3) is 3.72. The molecular formula is C13H17BrFN. The zero-order chi connectivity index (χ0) is 12.1. The summed E-state index contributed by atoms with van der Waals surface area (Å²) in [5, 5.41) is 3.28. The fraction of sp³-hybridized carbons (Fsp3) is 0.385. The monoisotopic (exact) mass is 285 g/mol. The van der Waals surface area contributed by atoms with Gasteiger partial charge in [0.1, 0.15) is 5.82 Å². The molecule has 1 unspecified atom stereocenters. The molecule has 0 aliphatic heterocycles. The van der Waals surface area contributed by atoms with Crippen molar-refractivity contribution < 1.29 is 4.39 Å². The number of nitrogens with one attached hydrogen (secondary N) is 1. The average Bonchev–Trinajstić information content (AvgIpc) is 2.20. The van der Waals surface area contributed by atoms with Crippen molar-refractivity contribution >= 4 is 15.9 Å². The molecule has 0 fully saturated rings. The van der Waals surface area contributed by atoms with E-state index in [0.29, 0.717) is 5.56 Å². The highest BCUT2D eigenvalue weighted by Gasteiger charge is 2.15. The van der Waals surface area contributed by atoms with Crippen molar-refractivity contribution in [3.63, 3.8) is 0 Å². The first-order valence-electron chi connectivity index (χ1n) is 5.37. The Bertz CT molecular complexity index is 376. The predicted octanol–water partition coefficient (Wildman–Crippen LogP) is 4.21. The van der Waals surface area contributed by atoms with Crippen LogP contribution in [0.15, 0.2) is 34.8 Å². The van der Waals surface area contributed by atoms with Crippen LogP contribution in [0, 0.1) is 5.82 Å². The van der Waals surface area contributed by atoms with Gasteiger partial charge >= 0.3 is 0 Å². The van der Waals surface area contributed by atoms with Crippen LogP contribution in [-0.4, -0.2) is 6.54 Å². The van der Waals surface area contributed by atoms with Crippen molar-refractivity contribution in [1.29, 1.82) is 0 Å². The molecule has 0 saturated carbocycles. The summed E-state index contributed by atoms with van der Waals surface area (Å²) in [4.78, 5) is 0. The Morgan fingerprint density at radius 2 is 2.25 bits per heavy atom. The third-order valence-electron chi connectivity index (χ3n) is 2.34. The van der Waals surface area contributed by atoms with Crippen molar-refractivity contribution in [3.05, 3.63) is 46.2 Å². The highest BCUT2D eigenvalue weighted by atomic mass is 79.9. The first-order valence-corrected chi connectivity index (χ1v) is 6.16. The lowest BCUT2D eigenvalue weighted by atomic mass is 10.00. The fourth-order valence-electron chi connectivity index (χ4n) is 1.67. The number of hydrogen-bond donors (Lipinski definition) is 1. The lowest BCUT2D eigenvalue weighted by Crippen LogP contribution is -2.22. The topological polar surface area (TPSA) is 12.0 Å². The molecule has 0 bridgehead atoms. The molecule has 16 heavy (non-hydrogen) atoms. The SMILES string of the molecule is C=C(C)CC(NCC)c1cc(Br)ccc1F. The van der Waals surface area contributed by atoms with Gasteiger partial charge in [-0.15, -0.1) is 6.58 Å². The Labute approximate surface area is 105 Å². The van der Waals surface area contributed by atoms with Gasteiger partial charge in [-0.25, -0.2) is 4.39 Å². The van der Waals surface area contributed by atoms with Crippen LogP contribution in [0.25, 0.3) is 0 Å². The zero-order valence-electron chi connectivity index (χ0n) is 9.69. The van der Waals surface area contributed by atoms with Crippen molar-refractivity contribution in [2.24, 2.45) is 0 Å². The molecule has 3 heteroatoms. The van der Waals surface area contributed by atoms with Crippen molar-refractivity contribution in [2.45, 2.75) is 26.3 Å². The fourth-order valence-corrected chi connectivity index (χ4v) is 2.05. The second kappa shape index (κ2) is 6.16. The zero-order valence-corrected chi connectivity index (χ0v) is 11.3. The second-order valence-electron chi connectivity index (χ2n) is 3.94. The Balaban J connectivity index is 2.99. The van der Waals surface area contributed by atoms with E-state index in [0.717, 1.165) is 23.0 Å². The minimum absolute atomic E-state index is 0. The van der Waals surface area contributed by atoms with E-state index in [-0.39, 0.29) is 11.9 Å². The highest BCUT2D eigenvalue weighted by molar-refractivity contribution is 9.10. The molecule has 0 amide bonds. The molecule has 1 aromatic rings. The Hall–Kier alpha value is -0.670. The normalized spacial score (nSPS) is 12.5. The van der Waals surface area contributed by atoms with Gasteiger partial charge in [0, 0.05) is 16.1 Å². The second-order valence-corrected chi connectivity index (χ2v) is 4.85. The van der Waals surface area contributed by atoms with Gasteiger partial charge in [-0.1, -0.05) is 28.4 Å². The molecule has 1 aromatic carbocycles. The maximum absolute atomic E-state index is 13.7.